The molecular formula is C69H87N11O7. The number of nitrogens with two attached hydrogens (primary N) is 4. The van der Waals surface area contributed by atoms with Crippen LogP contribution in [0.25, 0.3) is 0 Å². The van der Waals surface area contributed by atoms with Crippen LogP contribution in [0.5, 0.6) is 0 Å². The lowest BCUT2D eigenvalue weighted by Crippen LogP contribution is -2.62. The molecule has 18 heteroatoms. The molecule has 1 saturated heterocycles. The van der Waals surface area contributed by atoms with E-state index in [1.165, 1.54) is 0 Å². The van der Waals surface area contributed by atoms with Crippen molar-refractivity contribution >= 4 is 41.4 Å². The van der Waals surface area contributed by atoms with E-state index in [0.29, 0.717) is 111 Å². The third kappa shape index (κ3) is 19.2. The Morgan fingerprint density at radius 1 is 0.241 bits per heavy atom. The van der Waals surface area contributed by atoms with Crippen LogP contribution in [-0.2, 0) is 33.6 Å². The SMILES string of the molecule is NCCCC[C@@H]1NC(=O)[C@H](CCCCN)NC(=O)[C@H](CCCCN)NC(=O)[C@H](C(c2ccccc2)c2ccccc2)NC(=O)[C@H](C(c2ccccc2)c2ccccc2)NC(=O)[C@H](C(c2ccccc2)c2ccccc2)NC(=O)[C@H](CCCCN)NC1=O. The van der Waals surface area contributed by atoms with Crippen LogP contribution in [0, 0.1) is 0 Å². The number of carbonyl (C=O) groups is 7. The summed E-state index contributed by atoms with van der Waals surface area (Å²) < 4.78 is 0. The summed E-state index contributed by atoms with van der Waals surface area (Å²) in [4.78, 5) is 109. The minimum Gasteiger partial charge on any atom is -0.343 e. The number of hydrogen-bond acceptors (Lipinski definition) is 11. The minimum atomic E-state index is -1.52. The van der Waals surface area contributed by atoms with Gasteiger partial charge in [-0.3, -0.25) is 33.6 Å². The van der Waals surface area contributed by atoms with Gasteiger partial charge in [0.25, 0.3) is 0 Å². The molecule has 1 aliphatic rings. The Hall–Kier alpha value is -8.55. The van der Waals surface area contributed by atoms with Crippen molar-refractivity contribution in [2.75, 3.05) is 26.2 Å². The van der Waals surface area contributed by atoms with Gasteiger partial charge >= 0.3 is 0 Å². The maximum atomic E-state index is 16.4. The third-order valence-electron chi connectivity index (χ3n) is 16.0. The molecule has 0 saturated carbocycles. The first-order chi connectivity index (χ1) is 42.5. The van der Waals surface area contributed by atoms with Crippen molar-refractivity contribution in [3.05, 3.63) is 215 Å². The number of hydrogen-bond donors (Lipinski definition) is 11. The third-order valence-corrected chi connectivity index (χ3v) is 16.0. The predicted octanol–water partition coefficient (Wildman–Crippen LogP) is 5.41. The molecule has 18 nitrogen and oxygen atoms in total. The van der Waals surface area contributed by atoms with E-state index in [1.807, 2.05) is 182 Å². The lowest BCUT2D eigenvalue weighted by molar-refractivity contribution is -0.135. The van der Waals surface area contributed by atoms with Gasteiger partial charge in [0, 0.05) is 17.8 Å². The Morgan fingerprint density at radius 3 is 0.621 bits per heavy atom. The van der Waals surface area contributed by atoms with Gasteiger partial charge in [-0.1, -0.05) is 182 Å². The molecule has 7 rings (SSSR count). The van der Waals surface area contributed by atoms with Gasteiger partial charge in [0.2, 0.25) is 41.4 Å². The fraction of sp³-hybridized carbons (Fsp3) is 0.377. The van der Waals surface area contributed by atoms with Crippen LogP contribution in [-0.4, -0.2) is 110 Å². The Labute approximate surface area is 511 Å². The first-order valence-corrected chi connectivity index (χ1v) is 30.7. The zero-order valence-electron chi connectivity index (χ0n) is 49.6. The smallest absolute Gasteiger partial charge is 0.244 e. The van der Waals surface area contributed by atoms with Gasteiger partial charge in [-0.2, -0.15) is 0 Å². The maximum absolute atomic E-state index is 16.4. The molecule has 0 spiro atoms. The van der Waals surface area contributed by atoms with E-state index >= 15 is 24.0 Å². The molecule has 0 bridgehead atoms. The number of nitrogens with one attached hydrogen (secondary N) is 7. The molecule has 87 heavy (non-hydrogen) atoms. The predicted molar refractivity (Wildman–Crippen MR) is 339 cm³/mol. The van der Waals surface area contributed by atoms with Gasteiger partial charge in [0.1, 0.15) is 42.3 Å². The van der Waals surface area contributed by atoms with E-state index in [1.54, 1.807) is 0 Å². The van der Waals surface area contributed by atoms with E-state index in [0.717, 1.165) is 0 Å². The Kier molecular flexibility index (Phi) is 26.7. The zero-order chi connectivity index (χ0) is 61.8. The Bertz CT molecular complexity index is 2860. The summed E-state index contributed by atoms with van der Waals surface area (Å²) in [5, 5.41) is 21.3. The monoisotopic (exact) mass is 1180 g/mol. The first-order valence-electron chi connectivity index (χ1n) is 30.7. The summed E-state index contributed by atoms with van der Waals surface area (Å²) in [5.74, 6) is -7.72. The van der Waals surface area contributed by atoms with Crippen molar-refractivity contribution in [1.29, 1.82) is 0 Å². The molecule has 1 aliphatic heterocycles. The van der Waals surface area contributed by atoms with Crippen LogP contribution in [0.3, 0.4) is 0 Å². The zero-order valence-corrected chi connectivity index (χ0v) is 49.6. The van der Waals surface area contributed by atoms with Crippen LogP contribution in [0.15, 0.2) is 182 Å². The summed E-state index contributed by atoms with van der Waals surface area (Å²) in [6.45, 7) is 1.22. The molecule has 6 aromatic carbocycles. The van der Waals surface area contributed by atoms with Gasteiger partial charge in [-0.25, -0.2) is 0 Å². The van der Waals surface area contributed by atoms with Crippen LogP contribution in [0.4, 0.5) is 0 Å². The first kappa shape index (κ1) is 66.0. The topological polar surface area (TPSA) is 308 Å². The van der Waals surface area contributed by atoms with E-state index in [9.17, 15) is 9.59 Å². The molecule has 6 aromatic rings. The van der Waals surface area contributed by atoms with Gasteiger partial charge in [0.05, 0.1) is 0 Å². The number of rotatable bonds is 25. The minimum absolute atomic E-state index is 0.0960. The van der Waals surface area contributed by atoms with Crippen LogP contribution >= 0.6 is 0 Å². The summed E-state index contributed by atoms with van der Waals surface area (Å²) in [5.41, 5.74) is 27.8. The normalized spacial score (nSPS) is 20.3. The molecule has 15 N–H and O–H groups in total. The number of carbonyl (C=O) groups excluding carboxylic acids is 7. The lowest BCUT2D eigenvalue weighted by Gasteiger charge is -2.35. The summed E-state index contributed by atoms with van der Waals surface area (Å²) in [6, 6.07) is 46.0. The molecule has 0 unspecified atom stereocenters. The average molecular weight is 1180 g/mol. The van der Waals surface area contributed by atoms with Crippen LogP contribution in [0.2, 0.25) is 0 Å². The van der Waals surface area contributed by atoms with Crippen molar-refractivity contribution in [3.63, 3.8) is 0 Å². The molecule has 7 atom stereocenters. The summed E-state index contributed by atoms with van der Waals surface area (Å²) in [7, 11) is 0. The van der Waals surface area contributed by atoms with E-state index in [-0.39, 0.29) is 25.7 Å². The standard InChI is InChI=1S/C69H87N11O7/c70-43-23-19-39-53-63(81)74-54(40-20-24-44-71)64(82)76-56(42-22-26-46-73)66(84)78-61(58(49-31-11-3-12-32-49)50-33-13-4-14-34-50)68(86)80-62(59(51-35-15-5-16-36-51)52-37-17-6-18-38-52)69(87)79-60(67(85)77-55(65(83)75-53)41-21-25-45-72)57(47-27-7-1-8-28-47)48-29-9-2-10-30-48/h1-18,27-38,53-62H,19-26,39-46,70-73H2,(H,74,81)(H,75,83)(H,76,82)(H,77,85)(H,78,84)(H,79,87)(H,80,86)/t53-,54-,55-,56-,60-,61-,62-/m0/s1. The number of unbranched alkanes of at least 4 members (excludes halogenated alkanes) is 4. The fourth-order valence-electron chi connectivity index (χ4n) is 11.5. The Balaban J connectivity index is 1.49. The highest BCUT2D eigenvalue weighted by atomic mass is 16.2. The molecule has 0 aromatic heterocycles. The van der Waals surface area contributed by atoms with Gasteiger partial charge in [-0.15, -0.1) is 0 Å². The number of amides is 7. The van der Waals surface area contributed by atoms with Crippen molar-refractivity contribution < 1.29 is 33.6 Å². The number of benzene rings is 6. The molecule has 7 amide bonds. The molecule has 0 aliphatic carbocycles. The van der Waals surface area contributed by atoms with Crippen molar-refractivity contribution in [2.24, 2.45) is 22.9 Å². The highest BCUT2D eigenvalue weighted by Gasteiger charge is 2.43. The van der Waals surface area contributed by atoms with Crippen LogP contribution in [0.1, 0.15) is 128 Å². The lowest BCUT2D eigenvalue weighted by atomic mass is 9.81. The second-order valence-electron chi connectivity index (χ2n) is 22.2. The van der Waals surface area contributed by atoms with Crippen LogP contribution < -0.4 is 60.2 Å². The molecule has 1 heterocycles. The highest BCUT2D eigenvalue weighted by Crippen LogP contribution is 2.34. The van der Waals surface area contributed by atoms with E-state index in [2.05, 4.69) is 37.2 Å². The second-order valence-corrected chi connectivity index (χ2v) is 22.2. The largest absolute Gasteiger partial charge is 0.343 e. The quantitative estimate of drug-likeness (QED) is 0.0322. The van der Waals surface area contributed by atoms with Crippen molar-refractivity contribution in [1.82, 2.24) is 37.2 Å². The molecular weight excluding hydrogens is 1090 g/mol. The molecule has 1 fully saturated rings. The van der Waals surface area contributed by atoms with E-state index < -0.39 is 101 Å². The van der Waals surface area contributed by atoms with Gasteiger partial charge < -0.3 is 60.2 Å². The summed E-state index contributed by atoms with van der Waals surface area (Å²) >= 11 is 0. The van der Waals surface area contributed by atoms with E-state index in [4.69, 9.17) is 22.9 Å². The molecule has 0 radical (unpaired) electrons. The fourth-order valence-corrected chi connectivity index (χ4v) is 11.5. The maximum Gasteiger partial charge on any atom is 0.244 e. The summed E-state index contributed by atoms with van der Waals surface area (Å²) in [6.07, 6.45) is 4.12. The van der Waals surface area contributed by atoms with Gasteiger partial charge in [0.15, 0.2) is 0 Å². The molecule has 460 valence electrons. The highest BCUT2D eigenvalue weighted by molar-refractivity contribution is 6.00. The van der Waals surface area contributed by atoms with Crippen molar-refractivity contribution in [3.8, 4) is 0 Å². The average Bonchev–Trinajstić information content (AvgIpc) is 1.77. The Morgan fingerprint density at radius 2 is 0.414 bits per heavy atom. The second kappa shape index (κ2) is 35.2. The van der Waals surface area contributed by atoms with Gasteiger partial charge in [-0.05, 0) is 137 Å². The van der Waals surface area contributed by atoms with Crippen molar-refractivity contribution in [2.45, 2.75) is 137 Å².